The lowest BCUT2D eigenvalue weighted by Crippen LogP contribution is -2.14. The van der Waals surface area contributed by atoms with E-state index in [1.165, 1.54) is 16.7 Å². The molecule has 1 heterocycles. The lowest BCUT2D eigenvalue weighted by molar-refractivity contribution is 0.0691. The highest BCUT2D eigenvalue weighted by Gasteiger charge is 2.17. The molecule has 0 unspecified atom stereocenters. The van der Waals surface area contributed by atoms with Gasteiger partial charge >= 0.3 is 5.97 Å². The number of pyridine rings is 1. The molecule has 2 rings (SSSR count). The average molecular weight is 279 g/mol. The van der Waals surface area contributed by atoms with Crippen molar-refractivity contribution in [2.75, 3.05) is 0 Å². The predicted molar refractivity (Wildman–Crippen MR) is 68.4 cm³/mol. The zero-order chi connectivity index (χ0) is 15.0. The summed E-state index contributed by atoms with van der Waals surface area (Å²) in [7, 11) is 0. The van der Waals surface area contributed by atoms with Crippen molar-refractivity contribution in [3.8, 4) is 5.69 Å². The van der Waals surface area contributed by atoms with Gasteiger partial charge < -0.3 is 9.67 Å². The number of aryl methyl sites for hydroxylation is 2. The molecule has 1 N–H and O–H groups in total. The van der Waals surface area contributed by atoms with Gasteiger partial charge in [-0.3, -0.25) is 4.79 Å². The Morgan fingerprint density at radius 3 is 2.10 bits per heavy atom. The van der Waals surface area contributed by atoms with Gasteiger partial charge in [0.2, 0.25) is 0 Å². The molecule has 0 saturated carbocycles. The van der Waals surface area contributed by atoms with Crippen LogP contribution < -0.4 is 5.43 Å². The normalized spacial score (nSPS) is 10.6. The van der Waals surface area contributed by atoms with Gasteiger partial charge in [0.15, 0.2) is 5.43 Å². The number of carboxylic acids is 1. The first-order valence-corrected chi connectivity index (χ1v) is 5.74. The maximum Gasteiger partial charge on any atom is 0.338 e. The second-order valence-corrected chi connectivity index (χ2v) is 4.40. The van der Waals surface area contributed by atoms with Crippen LogP contribution in [0.4, 0.5) is 8.78 Å². The summed E-state index contributed by atoms with van der Waals surface area (Å²) in [6.45, 7) is 3.16. The van der Waals surface area contributed by atoms with E-state index in [4.69, 9.17) is 5.11 Å². The molecule has 0 saturated heterocycles. The maximum atomic E-state index is 13.9. The second-order valence-electron chi connectivity index (χ2n) is 4.40. The predicted octanol–water partition coefficient (Wildman–Crippen LogP) is 2.43. The third kappa shape index (κ3) is 2.32. The van der Waals surface area contributed by atoms with Gasteiger partial charge in [-0.25, -0.2) is 13.6 Å². The van der Waals surface area contributed by atoms with Crippen molar-refractivity contribution in [2.24, 2.45) is 0 Å². The summed E-state index contributed by atoms with van der Waals surface area (Å²) in [5.41, 5.74) is -0.122. The van der Waals surface area contributed by atoms with E-state index in [0.717, 1.165) is 6.07 Å². The molecule has 0 aliphatic rings. The zero-order valence-electron chi connectivity index (χ0n) is 10.8. The van der Waals surface area contributed by atoms with Crippen molar-refractivity contribution in [1.82, 2.24) is 4.57 Å². The van der Waals surface area contributed by atoms with E-state index in [0.29, 0.717) is 17.5 Å². The van der Waals surface area contributed by atoms with Crippen LogP contribution in [0.1, 0.15) is 21.7 Å². The molecule has 2 aromatic rings. The third-order valence-electron chi connectivity index (χ3n) is 2.92. The quantitative estimate of drug-likeness (QED) is 0.918. The summed E-state index contributed by atoms with van der Waals surface area (Å²) < 4.78 is 28.7. The number of hydrogen-bond acceptors (Lipinski definition) is 2. The van der Waals surface area contributed by atoms with Gasteiger partial charge in [0, 0.05) is 29.6 Å². The van der Waals surface area contributed by atoms with Crippen molar-refractivity contribution < 1.29 is 18.7 Å². The molecule has 0 aliphatic carbocycles. The number of carboxylic acid groups (broad SMARTS) is 1. The number of rotatable bonds is 2. The topological polar surface area (TPSA) is 59.3 Å². The van der Waals surface area contributed by atoms with Crippen LogP contribution in [0.3, 0.4) is 0 Å². The van der Waals surface area contributed by atoms with E-state index in [2.05, 4.69) is 0 Å². The van der Waals surface area contributed by atoms with Gasteiger partial charge in [-0.05, 0) is 19.9 Å². The number of carbonyl (C=O) groups is 1. The Morgan fingerprint density at radius 2 is 1.60 bits per heavy atom. The fourth-order valence-electron chi connectivity index (χ4n) is 2.11. The van der Waals surface area contributed by atoms with E-state index in [9.17, 15) is 18.4 Å². The summed E-state index contributed by atoms with van der Waals surface area (Å²) in [5.74, 6) is -3.53. The molecule has 1 aromatic carbocycles. The zero-order valence-corrected chi connectivity index (χ0v) is 10.8. The summed E-state index contributed by atoms with van der Waals surface area (Å²) >= 11 is 0. The third-order valence-corrected chi connectivity index (χ3v) is 2.92. The van der Waals surface area contributed by atoms with Crippen LogP contribution >= 0.6 is 0 Å². The van der Waals surface area contributed by atoms with Crippen molar-refractivity contribution in [3.63, 3.8) is 0 Å². The van der Waals surface area contributed by atoms with Crippen LogP contribution in [-0.4, -0.2) is 15.6 Å². The van der Waals surface area contributed by atoms with Gasteiger partial charge in [-0.1, -0.05) is 0 Å². The van der Waals surface area contributed by atoms with Crippen LogP contribution in [0.5, 0.6) is 0 Å². The standard InChI is InChI=1S/C14H11F2NO3/c1-7-3-9(18)4-8(2)17(7)13-5-10(14(19)20)11(15)6-12(13)16/h3-6H,1-2H3,(H,19,20). The van der Waals surface area contributed by atoms with Crippen molar-refractivity contribution >= 4 is 5.97 Å². The minimum atomic E-state index is -1.49. The molecule has 0 amide bonds. The molecule has 0 bridgehead atoms. The Bertz CT molecular complexity index is 739. The summed E-state index contributed by atoms with van der Waals surface area (Å²) in [5, 5.41) is 8.89. The van der Waals surface area contributed by atoms with Crippen LogP contribution in [0.15, 0.2) is 29.1 Å². The second kappa shape index (κ2) is 4.88. The van der Waals surface area contributed by atoms with Crippen molar-refractivity contribution in [1.29, 1.82) is 0 Å². The van der Waals surface area contributed by atoms with Gasteiger partial charge in [0.1, 0.15) is 11.6 Å². The number of aromatic nitrogens is 1. The first kappa shape index (κ1) is 13.9. The highest BCUT2D eigenvalue weighted by Crippen LogP contribution is 2.21. The minimum Gasteiger partial charge on any atom is -0.478 e. The molecule has 0 atom stereocenters. The van der Waals surface area contributed by atoms with Gasteiger partial charge in [0.05, 0.1) is 11.3 Å². The Hall–Kier alpha value is -2.50. The molecule has 1 aromatic heterocycles. The molecule has 0 spiro atoms. The number of hydrogen-bond donors (Lipinski definition) is 1. The van der Waals surface area contributed by atoms with Gasteiger partial charge in [-0.2, -0.15) is 0 Å². The Morgan fingerprint density at radius 1 is 1.05 bits per heavy atom. The highest BCUT2D eigenvalue weighted by molar-refractivity contribution is 5.88. The van der Waals surface area contributed by atoms with Crippen LogP contribution in [-0.2, 0) is 0 Å². The summed E-state index contributed by atoms with van der Waals surface area (Å²) in [6.07, 6.45) is 0. The average Bonchev–Trinajstić information content (AvgIpc) is 2.29. The number of nitrogens with zero attached hydrogens (tertiary/aromatic N) is 1. The maximum absolute atomic E-state index is 13.9. The van der Waals surface area contributed by atoms with E-state index < -0.39 is 23.2 Å². The number of halogens is 2. The monoisotopic (exact) mass is 279 g/mol. The molecule has 0 radical (unpaired) electrons. The fraction of sp³-hybridized carbons (Fsp3) is 0.143. The summed E-state index contributed by atoms with van der Waals surface area (Å²) in [4.78, 5) is 22.3. The van der Waals surface area contributed by atoms with Gasteiger partial charge in [-0.15, -0.1) is 0 Å². The van der Waals surface area contributed by atoms with Crippen LogP contribution in [0, 0.1) is 25.5 Å². The molecule has 104 valence electrons. The molecule has 0 aliphatic heterocycles. The SMILES string of the molecule is Cc1cc(=O)cc(C)n1-c1cc(C(=O)O)c(F)cc1F. The van der Waals surface area contributed by atoms with Crippen LogP contribution in [0.25, 0.3) is 5.69 Å². The molecule has 6 heteroatoms. The first-order valence-electron chi connectivity index (χ1n) is 5.74. The largest absolute Gasteiger partial charge is 0.478 e. The molecular formula is C14H11F2NO3. The van der Waals surface area contributed by atoms with Crippen LogP contribution in [0.2, 0.25) is 0 Å². The van der Waals surface area contributed by atoms with E-state index in [-0.39, 0.29) is 11.1 Å². The summed E-state index contributed by atoms with van der Waals surface area (Å²) in [6, 6.07) is 4.01. The lowest BCUT2D eigenvalue weighted by Gasteiger charge is -2.15. The van der Waals surface area contributed by atoms with Crippen molar-refractivity contribution in [3.05, 3.63) is 63.1 Å². The van der Waals surface area contributed by atoms with E-state index in [1.54, 1.807) is 13.8 Å². The first-order chi connectivity index (χ1) is 9.31. The molecule has 20 heavy (non-hydrogen) atoms. The minimum absolute atomic E-state index is 0.112. The number of aromatic carboxylic acids is 1. The Kier molecular flexibility index (Phi) is 3.40. The van der Waals surface area contributed by atoms with Gasteiger partial charge in [0.25, 0.3) is 0 Å². The van der Waals surface area contributed by atoms with E-state index >= 15 is 0 Å². The molecular weight excluding hydrogens is 268 g/mol. The highest BCUT2D eigenvalue weighted by atomic mass is 19.1. The van der Waals surface area contributed by atoms with E-state index in [1.807, 2.05) is 0 Å². The Balaban J connectivity index is 2.80. The molecule has 4 nitrogen and oxygen atoms in total. The molecule has 0 fully saturated rings. The van der Waals surface area contributed by atoms with Crippen molar-refractivity contribution in [2.45, 2.75) is 13.8 Å². The number of benzene rings is 1. The smallest absolute Gasteiger partial charge is 0.338 e. The lowest BCUT2D eigenvalue weighted by atomic mass is 10.1. The fourth-order valence-corrected chi connectivity index (χ4v) is 2.11. The Labute approximate surface area is 112 Å².